The lowest BCUT2D eigenvalue weighted by Gasteiger charge is -2.27. The van der Waals surface area contributed by atoms with E-state index in [0.29, 0.717) is 17.6 Å². The maximum atomic E-state index is 10.9. The number of carboxylic acids is 1. The molecular formula is C14H19NO2. The molecule has 0 spiro atoms. The number of aromatic carboxylic acids is 1. The van der Waals surface area contributed by atoms with Crippen LogP contribution in [0, 0.1) is 0 Å². The molecule has 0 heterocycles. The highest BCUT2D eigenvalue weighted by Gasteiger charge is 2.19. The maximum Gasteiger partial charge on any atom is 0.335 e. The van der Waals surface area contributed by atoms with Gasteiger partial charge in [-0.3, -0.25) is 0 Å². The topological polar surface area (TPSA) is 49.3 Å². The van der Waals surface area contributed by atoms with Crippen molar-refractivity contribution >= 4 is 5.97 Å². The van der Waals surface area contributed by atoms with Crippen LogP contribution >= 0.6 is 0 Å². The Hall–Kier alpha value is -1.35. The van der Waals surface area contributed by atoms with Crippen molar-refractivity contribution in [3.63, 3.8) is 0 Å². The molecule has 0 saturated carbocycles. The Kier molecular flexibility index (Phi) is 3.48. The van der Waals surface area contributed by atoms with Gasteiger partial charge < -0.3 is 10.4 Å². The van der Waals surface area contributed by atoms with Gasteiger partial charge in [-0.15, -0.1) is 0 Å². The fourth-order valence-electron chi connectivity index (χ4n) is 2.50. The Morgan fingerprint density at radius 1 is 1.41 bits per heavy atom. The van der Waals surface area contributed by atoms with Crippen molar-refractivity contribution in [2.24, 2.45) is 0 Å². The number of carboxylic acid groups (broad SMARTS) is 1. The summed E-state index contributed by atoms with van der Waals surface area (Å²) in [5, 5.41) is 12.5. The first-order valence-corrected chi connectivity index (χ1v) is 6.17. The van der Waals surface area contributed by atoms with Gasteiger partial charge in [0, 0.05) is 12.1 Å². The summed E-state index contributed by atoms with van der Waals surface area (Å²) in [5.41, 5.74) is 2.89. The predicted molar refractivity (Wildman–Crippen MR) is 67.5 cm³/mol. The largest absolute Gasteiger partial charge is 0.478 e. The average Bonchev–Trinajstić information content (AvgIpc) is 2.27. The molecule has 1 aliphatic carbocycles. The van der Waals surface area contributed by atoms with E-state index < -0.39 is 5.97 Å². The van der Waals surface area contributed by atoms with Crippen LogP contribution in [-0.4, -0.2) is 23.2 Å². The molecule has 0 radical (unpaired) electrons. The van der Waals surface area contributed by atoms with Gasteiger partial charge in [-0.05, 0) is 42.5 Å². The molecule has 1 aromatic carbocycles. The summed E-state index contributed by atoms with van der Waals surface area (Å²) in [6.07, 6.45) is 3.12. The number of fused-ring (bicyclic) bond motifs is 1. The standard InChI is InChI=1S/C14H19NO2/c1-9(2)15-13-6-5-10-3-4-11(14(16)17)7-12(10)8-13/h3-4,7,9,13,15H,5-6,8H2,1-2H3,(H,16,17). The minimum Gasteiger partial charge on any atom is -0.478 e. The van der Waals surface area contributed by atoms with E-state index in [1.807, 2.05) is 12.1 Å². The Balaban J connectivity index is 2.17. The molecule has 0 aromatic heterocycles. The molecule has 3 nitrogen and oxygen atoms in total. The summed E-state index contributed by atoms with van der Waals surface area (Å²) in [7, 11) is 0. The summed E-state index contributed by atoms with van der Waals surface area (Å²) in [6, 6.07) is 6.45. The van der Waals surface area contributed by atoms with E-state index in [2.05, 4.69) is 19.2 Å². The van der Waals surface area contributed by atoms with Gasteiger partial charge >= 0.3 is 5.97 Å². The molecule has 1 aromatic rings. The summed E-state index contributed by atoms with van der Waals surface area (Å²) in [5.74, 6) is -0.841. The molecule has 2 N–H and O–H groups in total. The van der Waals surface area contributed by atoms with E-state index in [-0.39, 0.29) is 0 Å². The van der Waals surface area contributed by atoms with Gasteiger partial charge in [0.25, 0.3) is 0 Å². The van der Waals surface area contributed by atoms with E-state index in [1.165, 1.54) is 11.1 Å². The quantitative estimate of drug-likeness (QED) is 0.841. The molecule has 0 bridgehead atoms. The van der Waals surface area contributed by atoms with Crippen LogP contribution in [0.4, 0.5) is 0 Å². The number of rotatable bonds is 3. The maximum absolute atomic E-state index is 10.9. The number of nitrogens with one attached hydrogen (secondary N) is 1. The van der Waals surface area contributed by atoms with Gasteiger partial charge in [-0.2, -0.15) is 0 Å². The van der Waals surface area contributed by atoms with Crippen LogP contribution < -0.4 is 5.32 Å². The lowest BCUT2D eigenvalue weighted by Crippen LogP contribution is -2.38. The highest BCUT2D eigenvalue weighted by Crippen LogP contribution is 2.23. The molecule has 1 atom stereocenters. The number of benzene rings is 1. The van der Waals surface area contributed by atoms with Gasteiger partial charge in [0.1, 0.15) is 0 Å². The van der Waals surface area contributed by atoms with Gasteiger partial charge in [0.05, 0.1) is 5.56 Å². The normalized spacial score (nSPS) is 19.1. The van der Waals surface area contributed by atoms with Crippen molar-refractivity contribution in [1.29, 1.82) is 0 Å². The highest BCUT2D eigenvalue weighted by molar-refractivity contribution is 5.87. The van der Waals surface area contributed by atoms with E-state index in [4.69, 9.17) is 5.11 Å². The fourth-order valence-corrected chi connectivity index (χ4v) is 2.50. The summed E-state index contributed by atoms with van der Waals surface area (Å²) in [4.78, 5) is 10.9. The van der Waals surface area contributed by atoms with Gasteiger partial charge in [0.15, 0.2) is 0 Å². The first kappa shape index (κ1) is 12.1. The number of hydrogen-bond acceptors (Lipinski definition) is 2. The molecule has 0 fully saturated rings. The third kappa shape index (κ3) is 2.86. The van der Waals surface area contributed by atoms with Gasteiger partial charge in [0.2, 0.25) is 0 Å². The molecular weight excluding hydrogens is 214 g/mol. The summed E-state index contributed by atoms with van der Waals surface area (Å²) < 4.78 is 0. The van der Waals surface area contributed by atoms with Crippen molar-refractivity contribution in [2.45, 2.75) is 45.2 Å². The van der Waals surface area contributed by atoms with E-state index in [0.717, 1.165) is 19.3 Å². The lowest BCUT2D eigenvalue weighted by atomic mass is 9.87. The Morgan fingerprint density at radius 2 is 2.18 bits per heavy atom. The van der Waals surface area contributed by atoms with Crippen LogP contribution in [0.3, 0.4) is 0 Å². The molecule has 0 aliphatic heterocycles. The van der Waals surface area contributed by atoms with Crippen LogP contribution in [0.15, 0.2) is 18.2 Å². The number of hydrogen-bond donors (Lipinski definition) is 2. The average molecular weight is 233 g/mol. The summed E-state index contributed by atoms with van der Waals surface area (Å²) in [6.45, 7) is 4.28. The van der Waals surface area contributed by atoms with Crippen molar-refractivity contribution in [1.82, 2.24) is 5.32 Å². The zero-order chi connectivity index (χ0) is 12.4. The molecule has 1 aliphatic rings. The van der Waals surface area contributed by atoms with Crippen molar-refractivity contribution in [3.8, 4) is 0 Å². The van der Waals surface area contributed by atoms with Crippen molar-refractivity contribution in [3.05, 3.63) is 34.9 Å². The lowest BCUT2D eigenvalue weighted by molar-refractivity contribution is 0.0696. The third-order valence-corrected chi connectivity index (χ3v) is 3.25. The van der Waals surface area contributed by atoms with Crippen molar-refractivity contribution < 1.29 is 9.90 Å². The van der Waals surface area contributed by atoms with Gasteiger partial charge in [-0.25, -0.2) is 4.79 Å². The Bertz CT molecular complexity index is 426. The van der Waals surface area contributed by atoms with Crippen LogP contribution in [0.5, 0.6) is 0 Å². The molecule has 92 valence electrons. The predicted octanol–water partition coefficient (Wildman–Crippen LogP) is 2.24. The zero-order valence-corrected chi connectivity index (χ0v) is 10.4. The first-order valence-electron chi connectivity index (χ1n) is 6.17. The molecule has 3 heteroatoms. The summed E-state index contributed by atoms with van der Waals surface area (Å²) >= 11 is 0. The Labute approximate surface area is 102 Å². The van der Waals surface area contributed by atoms with Crippen LogP contribution in [-0.2, 0) is 12.8 Å². The van der Waals surface area contributed by atoms with Crippen LogP contribution in [0.2, 0.25) is 0 Å². The number of aryl methyl sites for hydroxylation is 1. The third-order valence-electron chi connectivity index (χ3n) is 3.25. The van der Waals surface area contributed by atoms with Crippen LogP contribution in [0.25, 0.3) is 0 Å². The molecule has 0 saturated heterocycles. The van der Waals surface area contributed by atoms with Crippen molar-refractivity contribution in [2.75, 3.05) is 0 Å². The molecule has 17 heavy (non-hydrogen) atoms. The minimum absolute atomic E-state index is 0.397. The smallest absolute Gasteiger partial charge is 0.335 e. The minimum atomic E-state index is -0.841. The fraction of sp³-hybridized carbons (Fsp3) is 0.500. The van der Waals surface area contributed by atoms with Gasteiger partial charge in [-0.1, -0.05) is 19.9 Å². The number of carbonyl (C=O) groups is 1. The van der Waals surface area contributed by atoms with E-state index >= 15 is 0 Å². The monoisotopic (exact) mass is 233 g/mol. The Morgan fingerprint density at radius 3 is 2.82 bits per heavy atom. The second-order valence-corrected chi connectivity index (χ2v) is 5.05. The first-order chi connectivity index (χ1) is 8.06. The molecule has 1 unspecified atom stereocenters. The SMILES string of the molecule is CC(C)NC1CCc2ccc(C(=O)O)cc2C1. The van der Waals surface area contributed by atoms with Crippen LogP contribution in [0.1, 0.15) is 41.8 Å². The van der Waals surface area contributed by atoms with E-state index in [9.17, 15) is 4.79 Å². The molecule has 2 rings (SSSR count). The zero-order valence-electron chi connectivity index (χ0n) is 10.4. The molecule has 0 amide bonds. The highest BCUT2D eigenvalue weighted by atomic mass is 16.4. The second-order valence-electron chi connectivity index (χ2n) is 5.05. The van der Waals surface area contributed by atoms with E-state index in [1.54, 1.807) is 6.07 Å². The second kappa shape index (κ2) is 4.88.